The highest BCUT2D eigenvalue weighted by Gasteiger charge is 2.32. The lowest BCUT2D eigenvalue weighted by Crippen LogP contribution is -2.22. The van der Waals surface area contributed by atoms with Crippen LogP contribution in [0, 0.1) is 0 Å². The molecule has 120 valence electrons. The van der Waals surface area contributed by atoms with Gasteiger partial charge in [-0.2, -0.15) is 0 Å². The van der Waals surface area contributed by atoms with Crippen molar-refractivity contribution in [1.82, 2.24) is 0 Å². The van der Waals surface area contributed by atoms with Crippen LogP contribution in [0.2, 0.25) is 0 Å². The van der Waals surface area contributed by atoms with Gasteiger partial charge in [0.2, 0.25) is 9.84 Å². The van der Waals surface area contributed by atoms with Gasteiger partial charge >= 0.3 is 5.97 Å². The Hall–Kier alpha value is -2.34. The van der Waals surface area contributed by atoms with Crippen LogP contribution in [0.25, 0.3) is 0 Å². The van der Waals surface area contributed by atoms with Crippen LogP contribution in [-0.4, -0.2) is 28.0 Å². The standard InChI is InChI=1S/C17H17NO4S/c1-3-22-17(19)11-12-8-9-16-14(10-12)18(2)13-6-4-5-7-15(13)23(16,20)21/h4-10H,3,11H2,1-2H3. The highest BCUT2D eigenvalue weighted by molar-refractivity contribution is 7.92. The maximum Gasteiger partial charge on any atom is 0.310 e. The number of carbonyl (C=O) groups is 1. The lowest BCUT2D eigenvalue weighted by Gasteiger charge is -2.30. The molecule has 0 fully saturated rings. The predicted octanol–water partition coefficient (Wildman–Crippen LogP) is 2.71. The molecule has 0 radical (unpaired) electrons. The molecule has 0 spiro atoms. The average Bonchev–Trinajstić information content (AvgIpc) is 2.53. The maximum absolute atomic E-state index is 12.8. The van der Waals surface area contributed by atoms with Gasteiger partial charge in [0.1, 0.15) is 0 Å². The zero-order valence-corrected chi connectivity index (χ0v) is 13.8. The van der Waals surface area contributed by atoms with Gasteiger partial charge in [0, 0.05) is 7.05 Å². The molecule has 6 heteroatoms. The second kappa shape index (κ2) is 5.70. The van der Waals surface area contributed by atoms with E-state index in [2.05, 4.69) is 0 Å². The van der Waals surface area contributed by atoms with Crippen LogP contribution in [-0.2, 0) is 25.8 Å². The molecule has 1 aliphatic heterocycles. The van der Waals surface area contributed by atoms with E-state index in [1.54, 1.807) is 49.4 Å². The van der Waals surface area contributed by atoms with Crippen LogP contribution in [0.5, 0.6) is 0 Å². The summed E-state index contributed by atoms with van der Waals surface area (Å²) in [4.78, 5) is 14.0. The summed E-state index contributed by atoms with van der Waals surface area (Å²) in [5.41, 5.74) is 1.93. The summed E-state index contributed by atoms with van der Waals surface area (Å²) < 4.78 is 30.5. The number of nitrogens with zero attached hydrogens (tertiary/aromatic N) is 1. The van der Waals surface area contributed by atoms with Crippen molar-refractivity contribution in [1.29, 1.82) is 0 Å². The summed E-state index contributed by atoms with van der Waals surface area (Å²) in [6.07, 6.45) is 0.122. The van der Waals surface area contributed by atoms with E-state index in [-0.39, 0.29) is 17.3 Å². The Bertz CT molecular complexity index is 874. The summed E-state index contributed by atoms with van der Waals surface area (Å²) in [5, 5.41) is 0. The van der Waals surface area contributed by atoms with E-state index in [4.69, 9.17) is 4.74 Å². The Morgan fingerprint density at radius 1 is 1.09 bits per heavy atom. The summed E-state index contributed by atoms with van der Waals surface area (Å²) in [6.45, 7) is 2.08. The molecule has 3 rings (SSSR count). The molecule has 5 nitrogen and oxygen atoms in total. The monoisotopic (exact) mass is 331 g/mol. The Labute approximate surface area is 135 Å². The molecule has 0 atom stereocenters. The fourth-order valence-corrected chi connectivity index (χ4v) is 4.44. The molecule has 0 aliphatic carbocycles. The third-order valence-electron chi connectivity index (χ3n) is 3.84. The quantitative estimate of drug-likeness (QED) is 0.809. The summed E-state index contributed by atoms with van der Waals surface area (Å²) >= 11 is 0. The average molecular weight is 331 g/mol. The van der Waals surface area contributed by atoms with E-state index < -0.39 is 9.84 Å². The highest BCUT2D eigenvalue weighted by Crippen LogP contribution is 2.43. The number of hydrogen-bond donors (Lipinski definition) is 0. The first kappa shape index (κ1) is 15.6. The van der Waals surface area contributed by atoms with Crippen molar-refractivity contribution < 1.29 is 17.9 Å². The summed E-state index contributed by atoms with van der Waals surface area (Å²) in [6, 6.07) is 11.9. The van der Waals surface area contributed by atoms with Crippen LogP contribution in [0.4, 0.5) is 11.4 Å². The molecule has 2 aromatic rings. The first-order valence-electron chi connectivity index (χ1n) is 7.31. The molecule has 0 amide bonds. The molecule has 0 saturated carbocycles. The minimum atomic E-state index is -3.55. The van der Waals surface area contributed by atoms with E-state index >= 15 is 0 Å². The molecule has 0 bridgehead atoms. The Morgan fingerprint density at radius 2 is 1.78 bits per heavy atom. The van der Waals surface area contributed by atoms with E-state index in [1.807, 2.05) is 11.9 Å². The van der Waals surface area contributed by atoms with Gasteiger partial charge in [0.25, 0.3) is 0 Å². The number of hydrogen-bond acceptors (Lipinski definition) is 5. The van der Waals surface area contributed by atoms with Crippen LogP contribution in [0.15, 0.2) is 52.3 Å². The number of rotatable bonds is 3. The number of para-hydroxylation sites is 1. The van der Waals surface area contributed by atoms with E-state index in [1.165, 1.54) is 0 Å². The second-order valence-electron chi connectivity index (χ2n) is 5.31. The highest BCUT2D eigenvalue weighted by atomic mass is 32.2. The van der Waals surface area contributed by atoms with Gasteiger partial charge in [-0.3, -0.25) is 4.79 Å². The van der Waals surface area contributed by atoms with Gasteiger partial charge in [-0.1, -0.05) is 18.2 Å². The SMILES string of the molecule is CCOC(=O)Cc1ccc2c(c1)N(C)c1ccccc1S2(=O)=O. The Morgan fingerprint density at radius 3 is 2.52 bits per heavy atom. The number of benzene rings is 2. The number of anilines is 2. The minimum Gasteiger partial charge on any atom is -0.466 e. The molecule has 0 aromatic heterocycles. The number of sulfone groups is 1. The van der Waals surface area contributed by atoms with Crippen LogP contribution in [0.3, 0.4) is 0 Å². The van der Waals surface area contributed by atoms with Gasteiger partial charge in [-0.05, 0) is 36.8 Å². The maximum atomic E-state index is 12.8. The molecular formula is C17H17NO4S. The molecular weight excluding hydrogens is 314 g/mol. The number of fused-ring (bicyclic) bond motifs is 2. The largest absolute Gasteiger partial charge is 0.466 e. The van der Waals surface area contributed by atoms with E-state index in [0.29, 0.717) is 22.9 Å². The molecule has 1 aliphatic rings. The van der Waals surface area contributed by atoms with Crippen LogP contribution in [0.1, 0.15) is 12.5 Å². The molecule has 0 N–H and O–H groups in total. The van der Waals surface area contributed by atoms with Gasteiger partial charge in [-0.15, -0.1) is 0 Å². The first-order chi connectivity index (χ1) is 10.9. The molecule has 1 heterocycles. The summed E-state index contributed by atoms with van der Waals surface area (Å²) in [5.74, 6) is -0.325. The zero-order chi connectivity index (χ0) is 16.6. The normalized spacial score (nSPS) is 14.8. The lowest BCUT2D eigenvalue weighted by molar-refractivity contribution is -0.142. The van der Waals surface area contributed by atoms with Crippen molar-refractivity contribution in [2.45, 2.75) is 23.1 Å². The zero-order valence-electron chi connectivity index (χ0n) is 12.9. The Kier molecular flexibility index (Phi) is 3.85. The smallest absolute Gasteiger partial charge is 0.310 e. The molecule has 2 aromatic carbocycles. The first-order valence-corrected chi connectivity index (χ1v) is 8.80. The molecule has 0 saturated heterocycles. The number of ether oxygens (including phenoxy) is 1. The number of carbonyl (C=O) groups excluding carboxylic acids is 1. The predicted molar refractivity (Wildman–Crippen MR) is 86.7 cm³/mol. The van der Waals surface area contributed by atoms with Crippen molar-refractivity contribution in [2.75, 3.05) is 18.6 Å². The van der Waals surface area contributed by atoms with Crippen molar-refractivity contribution in [3.8, 4) is 0 Å². The minimum absolute atomic E-state index is 0.122. The van der Waals surface area contributed by atoms with Crippen molar-refractivity contribution in [3.05, 3.63) is 48.0 Å². The fraction of sp³-hybridized carbons (Fsp3) is 0.235. The molecule has 0 unspecified atom stereocenters. The van der Waals surface area contributed by atoms with E-state index in [0.717, 1.165) is 5.56 Å². The summed E-state index contributed by atoms with van der Waals surface area (Å²) in [7, 11) is -1.73. The van der Waals surface area contributed by atoms with Crippen LogP contribution >= 0.6 is 0 Å². The molecule has 23 heavy (non-hydrogen) atoms. The van der Waals surface area contributed by atoms with Crippen molar-refractivity contribution in [3.63, 3.8) is 0 Å². The lowest BCUT2D eigenvalue weighted by atomic mass is 10.1. The van der Waals surface area contributed by atoms with Gasteiger partial charge in [0.15, 0.2) is 0 Å². The fourth-order valence-electron chi connectivity index (χ4n) is 2.75. The second-order valence-corrected chi connectivity index (χ2v) is 7.20. The topological polar surface area (TPSA) is 63.7 Å². The van der Waals surface area contributed by atoms with Crippen molar-refractivity contribution >= 4 is 27.2 Å². The van der Waals surface area contributed by atoms with E-state index in [9.17, 15) is 13.2 Å². The third-order valence-corrected chi connectivity index (χ3v) is 5.69. The van der Waals surface area contributed by atoms with Gasteiger partial charge in [0.05, 0.1) is 34.2 Å². The van der Waals surface area contributed by atoms with Crippen LogP contribution < -0.4 is 4.90 Å². The third kappa shape index (κ3) is 2.59. The Balaban J connectivity index is 2.08. The number of esters is 1. The van der Waals surface area contributed by atoms with Gasteiger partial charge < -0.3 is 9.64 Å². The van der Waals surface area contributed by atoms with Gasteiger partial charge in [-0.25, -0.2) is 8.42 Å². The van der Waals surface area contributed by atoms with Crippen molar-refractivity contribution in [2.24, 2.45) is 0 Å².